The van der Waals surface area contributed by atoms with Crippen LogP contribution in [0, 0.1) is 11.3 Å². The maximum atomic E-state index is 13.7. The molecule has 6 nitrogen and oxygen atoms in total. The molecule has 0 spiro atoms. The second-order valence-corrected chi connectivity index (χ2v) is 8.79. The lowest BCUT2D eigenvalue weighted by Gasteiger charge is -2.18. The number of nitriles is 1. The average Bonchev–Trinajstić information content (AvgIpc) is 3.44. The molecule has 1 fully saturated rings. The third kappa shape index (κ3) is 4.10. The standard InChI is InChI=1S/C26H22F2N4O2/c27-26(28)13-19(14-29)32(15-26)25(34)6-5-24(33)20-8-10-31-23-4-2-17(12-21(20)23)16-1-3-22-18(11-16)7-9-30-22/h1-4,8,10-12,19,30H,5-7,9,13,15H2/t19-/m0/s1. The van der Waals surface area contributed by atoms with Crippen molar-refractivity contribution in [1.29, 1.82) is 5.26 Å². The topological polar surface area (TPSA) is 86.1 Å². The monoisotopic (exact) mass is 460 g/mol. The van der Waals surface area contributed by atoms with Gasteiger partial charge in [0.25, 0.3) is 5.92 Å². The summed E-state index contributed by atoms with van der Waals surface area (Å²) in [6.07, 6.45) is 1.48. The average molecular weight is 460 g/mol. The summed E-state index contributed by atoms with van der Waals surface area (Å²) in [6, 6.07) is 14.2. The largest absolute Gasteiger partial charge is 0.384 e. The highest BCUT2D eigenvalue weighted by Crippen LogP contribution is 2.33. The number of alkyl halides is 2. The first-order valence-electron chi connectivity index (χ1n) is 11.2. The van der Waals surface area contributed by atoms with Gasteiger partial charge >= 0.3 is 0 Å². The van der Waals surface area contributed by atoms with Crippen molar-refractivity contribution < 1.29 is 18.4 Å². The van der Waals surface area contributed by atoms with Crippen LogP contribution in [-0.4, -0.2) is 46.6 Å². The fourth-order valence-corrected chi connectivity index (χ4v) is 4.75. The molecule has 5 rings (SSSR count). The normalized spacial score (nSPS) is 18.4. The Morgan fingerprint density at radius 2 is 1.94 bits per heavy atom. The number of rotatable bonds is 5. The fourth-order valence-electron chi connectivity index (χ4n) is 4.75. The molecule has 3 heterocycles. The summed E-state index contributed by atoms with van der Waals surface area (Å²) in [6.45, 7) is 0.137. The first kappa shape index (κ1) is 22.0. The van der Waals surface area contributed by atoms with Gasteiger partial charge in [-0.25, -0.2) is 8.78 Å². The van der Waals surface area contributed by atoms with E-state index in [-0.39, 0.29) is 18.6 Å². The van der Waals surface area contributed by atoms with Crippen LogP contribution in [0.4, 0.5) is 14.5 Å². The van der Waals surface area contributed by atoms with E-state index in [2.05, 4.69) is 22.4 Å². The van der Waals surface area contributed by atoms with Gasteiger partial charge in [0, 0.05) is 48.6 Å². The lowest BCUT2D eigenvalue weighted by atomic mass is 9.96. The van der Waals surface area contributed by atoms with Crippen molar-refractivity contribution in [2.45, 2.75) is 37.6 Å². The number of pyridine rings is 1. The Morgan fingerprint density at radius 1 is 1.15 bits per heavy atom. The number of carbonyl (C=O) groups excluding carboxylic acids is 2. The van der Waals surface area contributed by atoms with Crippen LogP contribution in [0.3, 0.4) is 0 Å². The van der Waals surface area contributed by atoms with E-state index in [1.165, 1.54) is 5.56 Å². The molecule has 0 aliphatic carbocycles. The fraction of sp³-hybridized carbons (Fsp3) is 0.308. The van der Waals surface area contributed by atoms with Crippen molar-refractivity contribution in [2.24, 2.45) is 0 Å². The minimum atomic E-state index is -3.08. The zero-order valence-corrected chi connectivity index (χ0v) is 18.4. The maximum absolute atomic E-state index is 13.7. The van der Waals surface area contributed by atoms with E-state index in [0.717, 1.165) is 34.7 Å². The van der Waals surface area contributed by atoms with Crippen molar-refractivity contribution in [3.05, 3.63) is 59.8 Å². The Labute approximate surface area is 195 Å². The lowest BCUT2D eigenvalue weighted by molar-refractivity contribution is -0.132. The number of aromatic nitrogens is 1. The number of Topliss-reactive ketones (excluding diaryl/α,β-unsaturated/α-hetero) is 1. The molecule has 8 heteroatoms. The molecule has 34 heavy (non-hydrogen) atoms. The molecular weight excluding hydrogens is 438 g/mol. The summed E-state index contributed by atoms with van der Waals surface area (Å²) in [5.74, 6) is -3.95. The lowest BCUT2D eigenvalue weighted by Crippen LogP contribution is -2.36. The Kier molecular flexibility index (Phi) is 5.48. The summed E-state index contributed by atoms with van der Waals surface area (Å²) in [4.78, 5) is 30.8. The van der Waals surface area contributed by atoms with Crippen molar-refractivity contribution in [1.82, 2.24) is 9.88 Å². The van der Waals surface area contributed by atoms with Crippen LogP contribution in [0.1, 0.15) is 35.2 Å². The molecule has 0 radical (unpaired) electrons. The highest BCUT2D eigenvalue weighted by atomic mass is 19.3. The number of likely N-dealkylation sites (tertiary alicyclic amines) is 1. The molecule has 172 valence electrons. The highest BCUT2D eigenvalue weighted by molar-refractivity contribution is 6.08. The highest BCUT2D eigenvalue weighted by Gasteiger charge is 2.47. The van der Waals surface area contributed by atoms with Crippen LogP contribution >= 0.6 is 0 Å². The molecule has 0 bridgehead atoms. The van der Waals surface area contributed by atoms with Gasteiger partial charge in [-0.05, 0) is 53.4 Å². The Hall–Kier alpha value is -3.86. The first-order chi connectivity index (χ1) is 16.3. The second kappa shape index (κ2) is 8.49. The van der Waals surface area contributed by atoms with E-state index < -0.39 is 30.8 Å². The van der Waals surface area contributed by atoms with Crippen LogP contribution < -0.4 is 5.32 Å². The number of anilines is 1. The predicted octanol–water partition coefficient (Wildman–Crippen LogP) is 4.59. The van der Waals surface area contributed by atoms with E-state index in [0.29, 0.717) is 16.5 Å². The molecule has 2 aromatic carbocycles. The number of ketones is 1. The van der Waals surface area contributed by atoms with Gasteiger partial charge in [0.05, 0.1) is 18.1 Å². The van der Waals surface area contributed by atoms with Crippen LogP contribution in [0.2, 0.25) is 0 Å². The van der Waals surface area contributed by atoms with Gasteiger partial charge in [0.2, 0.25) is 5.91 Å². The van der Waals surface area contributed by atoms with Crippen molar-refractivity contribution >= 4 is 28.3 Å². The minimum Gasteiger partial charge on any atom is -0.384 e. The van der Waals surface area contributed by atoms with Gasteiger partial charge in [0.15, 0.2) is 5.78 Å². The number of benzene rings is 2. The predicted molar refractivity (Wildman–Crippen MR) is 124 cm³/mol. The molecule has 0 unspecified atom stereocenters. The summed E-state index contributed by atoms with van der Waals surface area (Å²) in [7, 11) is 0. The van der Waals surface area contributed by atoms with Crippen LogP contribution in [0.25, 0.3) is 22.0 Å². The molecule has 1 saturated heterocycles. The van der Waals surface area contributed by atoms with Gasteiger partial charge < -0.3 is 10.2 Å². The first-order valence-corrected chi connectivity index (χ1v) is 11.2. The molecule has 3 aromatic rings. The second-order valence-electron chi connectivity index (χ2n) is 8.79. The number of nitrogens with zero attached hydrogens (tertiary/aromatic N) is 3. The smallest absolute Gasteiger partial charge is 0.268 e. The van der Waals surface area contributed by atoms with Gasteiger partial charge in [-0.2, -0.15) is 5.26 Å². The molecule has 1 aromatic heterocycles. The Morgan fingerprint density at radius 3 is 2.76 bits per heavy atom. The molecule has 1 atom stereocenters. The minimum absolute atomic E-state index is 0.132. The van der Waals surface area contributed by atoms with Gasteiger partial charge in [-0.15, -0.1) is 0 Å². The number of carbonyl (C=O) groups is 2. The summed E-state index contributed by atoms with van der Waals surface area (Å²) < 4.78 is 27.3. The van der Waals surface area contributed by atoms with E-state index in [1.54, 1.807) is 18.3 Å². The van der Waals surface area contributed by atoms with Gasteiger partial charge in [-0.1, -0.05) is 12.1 Å². The maximum Gasteiger partial charge on any atom is 0.268 e. The number of nitrogens with one attached hydrogen (secondary N) is 1. The van der Waals surface area contributed by atoms with Crippen molar-refractivity contribution in [3.63, 3.8) is 0 Å². The van der Waals surface area contributed by atoms with Gasteiger partial charge in [0.1, 0.15) is 6.04 Å². The quantitative estimate of drug-likeness (QED) is 0.563. The molecule has 1 N–H and O–H groups in total. The Balaban J connectivity index is 1.37. The number of fused-ring (bicyclic) bond motifs is 2. The Bertz CT molecular complexity index is 1350. The molecule has 2 aliphatic heterocycles. The number of amides is 1. The van der Waals surface area contributed by atoms with Crippen molar-refractivity contribution in [3.8, 4) is 17.2 Å². The van der Waals surface area contributed by atoms with E-state index in [4.69, 9.17) is 5.26 Å². The summed E-state index contributed by atoms with van der Waals surface area (Å²) in [5, 5.41) is 13.1. The van der Waals surface area contributed by atoms with Crippen LogP contribution in [-0.2, 0) is 11.2 Å². The summed E-state index contributed by atoms with van der Waals surface area (Å²) >= 11 is 0. The third-order valence-electron chi connectivity index (χ3n) is 6.50. The summed E-state index contributed by atoms with van der Waals surface area (Å²) in [5.41, 5.74) is 5.48. The number of halogens is 2. The SMILES string of the molecule is N#C[C@@H]1CC(F)(F)CN1C(=O)CCC(=O)c1ccnc2ccc(-c3ccc4c(c3)CCN4)cc12. The van der Waals surface area contributed by atoms with E-state index in [1.807, 2.05) is 24.3 Å². The third-order valence-corrected chi connectivity index (χ3v) is 6.50. The van der Waals surface area contributed by atoms with E-state index in [9.17, 15) is 18.4 Å². The molecule has 0 saturated carbocycles. The molecule has 1 amide bonds. The molecular formula is C26H22F2N4O2. The number of hydrogen-bond donors (Lipinski definition) is 1. The van der Waals surface area contributed by atoms with Gasteiger partial charge in [-0.3, -0.25) is 14.6 Å². The molecule has 2 aliphatic rings. The zero-order valence-electron chi connectivity index (χ0n) is 18.4. The van der Waals surface area contributed by atoms with Crippen LogP contribution in [0.15, 0.2) is 48.7 Å². The zero-order chi connectivity index (χ0) is 23.9. The number of hydrogen-bond acceptors (Lipinski definition) is 5. The van der Waals surface area contributed by atoms with Crippen molar-refractivity contribution in [2.75, 3.05) is 18.4 Å². The van der Waals surface area contributed by atoms with Crippen LogP contribution in [0.5, 0.6) is 0 Å². The van der Waals surface area contributed by atoms with E-state index >= 15 is 0 Å².